The average molecular weight is 338 g/mol. The van der Waals surface area contributed by atoms with Gasteiger partial charge in [-0.1, -0.05) is 6.07 Å². The normalized spacial score (nSPS) is 10.6. The number of nitrogens with zero attached hydrogens (tertiary/aromatic N) is 3. The summed E-state index contributed by atoms with van der Waals surface area (Å²) in [6.07, 6.45) is 1.52. The molecule has 0 unspecified atom stereocenters. The van der Waals surface area contributed by atoms with E-state index < -0.39 is 0 Å². The number of benzene rings is 1. The highest BCUT2D eigenvalue weighted by molar-refractivity contribution is 14.1. The first-order valence-electron chi connectivity index (χ1n) is 4.13. The molecule has 1 aromatic heterocycles. The van der Waals surface area contributed by atoms with Gasteiger partial charge in [-0.15, -0.1) is 21.8 Å². The number of hydrogen-bond acceptors (Lipinski definition) is 2. The topological polar surface area (TPSA) is 30.7 Å². The summed E-state index contributed by atoms with van der Waals surface area (Å²) in [5.41, 5.74) is 0.705. The Hall–Kier alpha value is -0.690. The molecule has 0 spiro atoms. The Balaban J connectivity index is 2.59. The summed E-state index contributed by atoms with van der Waals surface area (Å²) >= 11 is 7.64. The summed E-state index contributed by atoms with van der Waals surface area (Å²) in [6, 6.07) is 4.85. The largest absolute Gasteiger partial charge is 0.283 e. The van der Waals surface area contributed by atoms with E-state index >= 15 is 0 Å². The van der Waals surface area contributed by atoms with Crippen LogP contribution in [-0.4, -0.2) is 14.8 Å². The molecule has 0 aliphatic rings. The van der Waals surface area contributed by atoms with Crippen LogP contribution in [0.2, 0.25) is 0 Å². The molecule has 0 bridgehead atoms. The maximum absolute atomic E-state index is 13.3. The quantitative estimate of drug-likeness (QED) is 0.623. The van der Waals surface area contributed by atoms with Crippen molar-refractivity contribution in [3.05, 3.63) is 39.7 Å². The summed E-state index contributed by atoms with van der Waals surface area (Å²) < 4.78 is 15.5. The molecule has 1 heterocycles. The summed E-state index contributed by atoms with van der Waals surface area (Å²) in [5.74, 6) is 0.578. The monoisotopic (exact) mass is 337 g/mol. The van der Waals surface area contributed by atoms with Crippen molar-refractivity contribution >= 4 is 34.2 Å². The summed E-state index contributed by atoms with van der Waals surface area (Å²) in [4.78, 5) is 0. The maximum atomic E-state index is 13.3. The third-order valence-electron chi connectivity index (χ3n) is 1.93. The Morgan fingerprint density at radius 1 is 1.47 bits per heavy atom. The molecule has 2 rings (SSSR count). The zero-order valence-corrected chi connectivity index (χ0v) is 10.4. The van der Waals surface area contributed by atoms with Crippen molar-refractivity contribution in [2.45, 2.75) is 5.88 Å². The van der Waals surface area contributed by atoms with Crippen LogP contribution in [0.25, 0.3) is 5.69 Å². The summed E-state index contributed by atoms with van der Waals surface area (Å²) in [5, 5.41) is 7.58. The molecule has 0 amide bonds. The van der Waals surface area contributed by atoms with E-state index in [9.17, 15) is 4.39 Å². The van der Waals surface area contributed by atoms with Crippen LogP contribution in [0, 0.1) is 9.39 Å². The van der Waals surface area contributed by atoms with Gasteiger partial charge in [-0.05, 0) is 34.7 Å². The van der Waals surface area contributed by atoms with Crippen LogP contribution in [0.3, 0.4) is 0 Å². The Morgan fingerprint density at radius 3 is 3.00 bits per heavy atom. The Morgan fingerprint density at radius 2 is 2.27 bits per heavy atom. The molecule has 0 saturated heterocycles. The van der Waals surface area contributed by atoms with E-state index in [1.54, 1.807) is 16.7 Å². The van der Waals surface area contributed by atoms with Gasteiger partial charge in [-0.2, -0.15) is 0 Å². The highest BCUT2D eigenvalue weighted by Crippen LogP contribution is 2.21. The molecule has 0 aliphatic heterocycles. The fourth-order valence-electron chi connectivity index (χ4n) is 1.23. The van der Waals surface area contributed by atoms with Crippen molar-refractivity contribution in [1.29, 1.82) is 0 Å². The lowest BCUT2D eigenvalue weighted by atomic mass is 10.3. The van der Waals surface area contributed by atoms with E-state index in [-0.39, 0.29) is 11.7 Å². The Bertz CT molecular complexity index is 486. The molecule has 0 atom stereocenters. The molecule has 0 fully saturated rings. The number of aromatic nitrogens is 3. The van der Waals surface area contributed by atoms with E-state index in [0.29, 0.717) is 15.1 Å². The van der Waals surface area contributed by atoms with Gasteiger partial charge in [0.25, 0.3) is 0 Å². The van der Waals surface area contributed by atoms with Gasteiger partial charge in [-0.3, -0.25) is 4.57 Å². The zero-order chi connectivity index (χ0) is 10.8. The van der Waals surface area contributed by atoms with Crippen molar-refractivity contribution in [3.8, 4) is 5.69 Å². The van der Waals surface area contributed by atoms with Crippen molar-refractivity contribution in [3.63, 3.8) is 0 Å². The lowest BCUT2D eigenvalue weighted by Gasteiger charge is -2.07. The van der Waals surface area contributed by atoms with Gasteiger partial charge in [0.2, 0.25) is 0 Å². The first kappa shape index (κ1) is 10.8. The molecule has 6 heteroatoms. The van der Waals surface area contributed by atoms with Crippen LogP contribution in [-0.2, 0) is 5.88 Å². The number of hydrogen-bond donors (Lipinski definition) is 0. The van der Waals surface area contributed by atoms with Crippen molar-refractivity contribution in [2.75, 3.05) is 0 Å². The Labute approximate surface area is 104 Å². The molecule has 0 radical (unpaired) electrons. The van der Waals surface area contributed by atoms with Crippen molar-refractivity contribution in [2.24, 2.45) is 0 Å². The second-order valence-electron chi connectivity index (χ2n) is 2.82. The molecule has 78 valence electrons. The molecule has 1 aromatic carbocycles. The zero-order valence-electron chi connectivity index (χ0n) is 7.49. The van der Waals surface area contributed by atoms with Gasteiger partial charge >= 0.3 is 0 Å². The van der Waals surface area contributed by atoms with Gasteiger partial charge in [0, 0.05) is 0 Å². The first-order chi connectivity index (χ1) is 7.24. The minimum absolute atomic E-state index is 0.243. The van der Waals surface area contributed by atoms with Crippen molar-refractivity contribution < 1.29 is 4.39 Å². The molecule has 0 N–H and O–H groups in total. The molecule has 15 heavy (non-hydrogen) atoms. The lowest BCUT2D eigenvalue weighted by Crippen LogP contribution is -2.01. The fourth-order valence-corrected chi connectivity index (χ4v) is 2.03. The first-order valence-corrected chi connectivity index (χ1v) is 5.74. The number of rotatable bonds is 2. The highest BCUT2D eigenvalue weighted by Gasteiger charge is 2.10. The molecule has 3 nitrogen and oxygen atoms in total. The SMILES string of the molecule is Fc1cccc(-n2cnnc2CCl)c1I. The van der Waals surface area contributed by atoms with E-state index in [1.165, 1.54) is 12.4 Å². The van der Waals surface area contributed by atoms with Crippen molar-refractivity contribution in [1.82, 2.24) is 14.8 Å². The van der Waals surface area contributed by atoms with E-state index in [4.69, 9.17) is 11.6 Å². The molecule has 2 aromatic rings. The fraction of sp³-hybridized carbons (Fsp3) is 0.111. The minimum atomic E-state index is -0.262. The van der Waals surface area contributed by atoms with Crippen LogP contribution < -0.4 is 0 Å². The maximum Gasteiger partial charge on any atom is 0.152 e. The van der Waals surface area contributed by atoms with Gasteiger partial charge in [0.15, 0.2) is 5.82 Å². The van der Waals surface area contributed by atoms with Crippen LogP contribution in [0.4, 0.5) is 4.39 Å². The highest BCUT2D eigenvalue weighted by atomic mass is 127. The van der Waals surface area contributed by atoms with Gasteiger partial charge in [-0.25, -0.2) is 4.39 Å². The van der Waals surface area contributed by atoms with Crippen LogP contribution in [0.15, 0.2) is 24.5 Å². The predicted molar refractivity (Wildman–Crippen MR) is 63.6 cm³/mol. The summed E-state index contributed by atoms with van der Waals surface area (Å²) in [7, 11) is 0. The molecular weight excluding hydrogens is 331 g/mol. The Kier molecular flexibility index (Phi) is 3.20. The lowest BCUT2D eigenvalue weighted by molar-refractivity contribution is 0.618. The molecular formula is C9H6ClFIN3. The van der Waals surface area contributed by atoms with Crippen LogP contribution in [0.5, 0.6) is 0 Å². The standard InChI is InChI=1S/C9H6ClFIN3/c10-4-8-14-13-5-15(8)7-3-1-2-6(11)9(7)12/h1-3,5H,4H2. The number of halogens is 3. The molecule has 0 aliphatic carbocycles. The summed E-state index contributed by atoms with van der Waals surface area (Å²) in [6.45, 7) is 0. The minimum Gasteiger partial charge on any atom is -0.283 e. The molecule has 0 saturated carbocycles. The third-order valence-corrected chi connectivity index (χ3v) is 3.24. The van der Waals surface area contributed by atoms with E-state index in [2.05, 4.69) is 10.2 Å². The third kappa shape index (κ3) is 1.98. The second kappa shape index (κ2) is 4.44. The van der Waals surface area contributed by atoms with Crippen LogP contribution in [0.1, 0.15) is 5.82 Å². The van der Waals surface area contributed by atoms with Gasteiger partial charge in [0.05, 0.1) is 15.1 Å². The van der Waals surface area contributed by atoms with Gasteiger partial charge < -0.3 is 0 Å². The smallest absolute Gasteiger partial charge is 0.152 e. The second-order valence-corrected chi connectivity index (χ2v) is 4.17. The number of alkyl halides is 1. The van der Waals surface area contributed by atoms with E-state index in [0.717, 1.165) is 0 Å². The average Bonchev–Trinajstić information content (AvgIpc) is 2.70. The predicted octanol–water partition coefficient (Wildman–Crippen LogP) is 2.75. The van der Waals surface area contributed by atoms with E-state index in [1.807, 2.05) is 22.6 Å². The van der Waals surface area contributed by atoms with Gasteiger partial charge in [0.1, 0.15) is 12.1 Å². The van der Waals surface area contributed by atoms with Crippen LogP contribution >= 0.6 is 34.2 Å².